The van der Waals surface area contributed by atoms with Crippen molar-refractivity contribution in [3.63, 3.8) is 0 Å². The Balaban J connectivity index is 1.40. The second-order valence-corrected chi connectivity index (χ2v) is 12.0. The van der Waals surface area contributed by atoms with Gasteiger partial charge in [0.05, 0.1) is 56.6 Å². The highest BCUT2D eigenvalue weighted by Crippen LogP contribution is 2.35. The number of hydrogen-bond donors (Lipinski definition) is 0. The van der Waals surface area contributed by atoms with Gasteiger partial charge in [0.2, 0.25) is 5.95 Å². The van der Waals surface area contributed by atoms with Gasteiger partial charge in [-0.05, 0) is 73.5 Å². The van der Waals surface area contributed by atoms with E-state index in [9.17, 15) is 10.5 Å². The molecule has 6 nitrogen and oxygen atoms in total. The zero-order valence-electron chi connectivity index (χ0n) is 25.8. The van der Waals surface area contributed by atoms with Crippen molar-refractivity contribution in [2.45, 2.75) is 12.8 Å². The third kappa shape index (κ3) is 4.32. The summed E-state index contributed by atoms with van der Waals surface area (Å²) in [5.41, 5.74) is 8.52. The second-order valence-electron chi connectivity index (χ2n) is 12.0. The molecule has 0 N–H and O–H groups in total. The molecule has 224 valence electrons. The first-order valence-electron chi connectivity index (χ1n) is 15.9. The topological polar surface area (TPSA) is 83.2 Å². The minimum atomic E-state index is 0.534. The first-order valence-corrected chi connectivity index (χ1v) is 15.9. The standard InChI is InChI=1S/C42H26N6/c43-25-27-10-8-12-29(20-27)36-23-37(30-13-9-11-28(21-30)26-44)46-42(45-36)48-39-19-7-5-17-33(39)35-22-34-32-16-4-6-18-38(32)47(40(34)24-41(35)48)31-14-2-1-3-15-31/h1-4,6,8-24H,5,7H2. The molecule has 0 aliphatic heterocycles. The Kier molecular flexibility index (Phi) is 6.28. The quantitative estimate of drug-likeness (QED) is 0.201. The number of para-hydroxylation sites is 2. The summed E-state index contributed by atoms with van der Waals surface area (Å²) in [6, 6.07) is 45.1. The Bertz CT molecular complexity index is 2730. The Morgan fingerprint density at radius 3 is 1.88 bits per heavy atom. The Labute approximate surface area is 276 Å². The molecule has 3 aromatic heterocycles. The molecular formula is C42H26N6. The van der Waals surface area contributed by atoms with Gasteiger partial charge < -0.3 is 4.57 Å². The number of rotatable bonds is 4. The van der Waals surface area contributed by atoms with Crippen LogP contribution in [0.25, 0.3) is 79.0 Å². The minimum absolute atomic E-state index is 0.534. The number of fused-ring (bicyclic) bond motifs is 6. The molecule has 8 aromatic rings. The van der Waals surface area contributed by atoms with Gasteiger partial charge in [0.25, 0.3) is 0 Å². The summed E-state index contributed by atoms with van der Waals surface area (Å²) in [5.74, 6) is 0.534. The van der Waals surface area contributed by atoms with Crippen LogP contribution >= 0.6 is 0 Å². The summed E-state index contributed by atoms with van der Waals surface area (Å²) in [6.07, 6.45) is 6.49. The molecule has 0 amide bonds. The first kappa shape index (κ1) is 27.5. The van der Waals surface area contributed by atoms with Crippen molar-refractivity contribution in [2.24, 2.45) is 0 Å². The van der Waals surface area contributed by atoms with Crippen molar-refractivity contribution in [1.82, 2.24) is 19.1 Å². The average molecular weight is 615 g/mol. The fourth-order valence-electron chi connectivity index (χ4n) is 7.05. The van der Waals surface area contributed by atoms with E-state index in [1.165, 1.54) is 16.0 Å². The minimum Gasteiger partial charge on any atom is -0.309 e. The molecule has 5 aromatic carbocycles. The van der Waals surface area contributed by atoms with Gasteiger partial charge in [-0.3, -0.25) is 4.57 Å². The first-order chi connectivity index (χ1) is 23.7. The normalized spacial score (nSPS) is 12.3. The predicted octanol–water partition coefficient (Wildman–Crippen LogP) is 7.95. The largest absolute Gasteiger partial charge is 0.309 e. The van der Waals surface area contributed by atoms with E-state index in [2.05, 4.69) is 94.1 Å². The number of benzene rings is 5. The van der Waals surface area contributed by atoms with Gasteiger partial charge in [0, 0.05) is 38.2 Å². The van der Waals surface area contributed by atoms with E-state index in [1.54, 1.807) is 12.1 Å². The molecule has 3 heterocycles. The van der Waals surface area contributed by atoms with Crippen LogP contribution in [0.3, 0.4) is 0 Å². The van der Waals surface area contributed by atoms with Crippen LogP contribution in [0.4, 0.5) is 0 Å². The van der Waals surface area contributed by atoms with Crippen LogP contribution < -0.4 is 10.6 Å². The molecule has 0 saturated heterocycles. The third-order valence-corrected chi connectivity index (χ3v) is 9.19. The number of hydrogen-bond acceptors (Lipinski definition) is 4. The van der Waals surface area contributed by atoms with E-state index in [4.69, 9.17) is 9.97 Å². The van der Waals surface area contributed by atoms with Crippen LogP contribution in [0.2, 0.25) is 0 Å². The lowest BCUT2D eigenvalue weighted by molar-refractivity contribution is 0.927. The average Bonchev–Trinajstić information content (AvgIpc) is 3.66. The van der Waals surface area contributed by atoms with Gasteiger partial charge >= 0.3 is 0 Å². The second kappa shape index (κ2) is 10.9. The van der Waals surface area contributed by atoms with Gasteiger partial charge in [-0.2, -0.15) is 10.5 Å². The molecular weight excluding hydrogens is 589 g/mol. The van der Waals surface area contributed by atoms with Gasteiger partial charge in [-0.15, -0.1) is 0 Å². The van der Waals surface area contributed by atoms with Gasteiger partial charge in [0.15, 0.2) is 0 Å². The Hall–Kier alpha value is -6.76. The van der Waals surface area contributed by atoms with E-state index in [-0.39, 0.29) is 0 Å². The molecule has 48 heavy (non-hydrogen) atoms. The van der Waals surface area contributed by atoms with Crippen molar-refractivity contribution in [3.8, 4) is 46.3 Å². The lowest BCUT2D eigenvalue weighted by atomic mass is 10.0. The fraction of sp³-hybridized carbons (Fsp3) is 0.0476. The highest BCUT2D eigenvalue weighted by atomic mass is 15.2. The van der Waals surface area contributed by atoms with E-state index < -0.39 is 0 Å². The van der Waals surface area contributed by atoms with E-state index in [0.29, 0.717) is 28.5 Å². The van der Waals surface area contributed by atoms with Crippen LogP contribution in [-0.4, -0.2) is 19.1 Å². The summed E-state index contributed by atoms with van der Waals surface area (Å²) in [5, 5.41) is 25.1. The van der Waals surface area contributed by atoms with E-state index >= 15 is 0 Å². The molecule has 1 aliphatic rings. The molecule has 0 saturated carbocycles. The van der Waals surface area contributed by atoms with Crippen molar-refractivity contribution in [3.05, 3.63) is 143 Å². The van der Waals surface area contributed by atoms with Crippen molar-refractivity contribution in [1.29, 1.82) is 10.5 Å². The smallest absolute Gasteiger partial charge is 0.235 e. The summed E-state index contributed by atoms with van der Waals surface area (Å²) in [4.78, 5) is 10.4. The van der Waals surface area contributed by atoms with Crippen LogP contribution in [0, 0.1) is 22.7 Å². The molecule has 0 atom stereocenters. The summed E-state index contributed by atoms with van der Waals surface area (Å²) in [7, 11) is 0. The van der Waals surface area contributed by atoms with Crippen LogP contribution in [0.1, 0.15) is 24.0 Å². The number of nitrogens with zero attached hydrogens (tertiary/aromatic N) is 6. The summed E-state index contributed by atoms with van der Waals surface area (Å²) >= 11 is 0. The zero-order chi connectivity index (χ0) is 32.2. The highest BCUT2D eigenvalue weighted by Gasteiger charge is 2.20. The molecule has 0 unspecified atom stereocenters. The Morgan fingerprint density at radius 2 is 1.17 bits per heavy atom. The van der Waals surface area contributed by atoms with Crippen molar-refractivity contribution < 1.29 is 0 Å². The molecule has 0 radical (unpaired) electrons. The van der Waals surface area contributed by atoms with E-state index in [1.807, 2.05) is 48.5 Å². The maximum Gasteiger partial charge on any atom is 0.235 e. The Morgan fingerprint density at radius 1 is 0.521 bits per heavy atom. The SMILES string of the molecule is N#Cc1cccc(-c2cc(-c3cccc(C#N)c3)nc(-n3c4c(c5cc6c7ccccc7n(-c7ccccc7)c6cc53)=CCCC=4)n2)c1. The highest BCUT2D eigenvalue weighted by molar-refractivity contribution is 6.13. The maximum atomic E-state index is 9.67. The monoisotopic (exact) mass is 614 g/mol. The molecule has 1 aliphatic carbocycles. The number of nitriles is 2. The van der Waals surface area contributed by atoms with Gasteiger partial charge in [-0.25, -0.2) is 9.97 Å². The molecule has 0 spiro atoms. The predicted molar refractivity (Wildman–Crippen MR) is 191 cm³/mol. The van der Waals surface area contributed by atoms with Gasteiger partial charge in [0.1, 0.15) is 0 Å². The lowest BCUT2D eigenvalue weighted by Crippen LogP contribution is -2.31. The van der Waals surface area contributed by atoms with Crippen LogP contribution in [-0.2, 0) is 0 Å². The summed E-state index contributed by atoms with van der Waals surface area (Å²) in [6.45, 7) is 0. The maximum absolute atomic E-state index is 9.67. The lowest BCUT2D eigenvalue weighted by Gasteiger charge is -2.12. The van der Waals surface area contributed by atoms with Crippen LogP contribution in [0.15, 0.2) is 121 Å². The molecule has 0 fully saturated rings. The zero-order valence-corrected chi connectivity index (χ0v) is 25.8. The molecule has 0 bridgehead atoms. The van der Waals surface area contributed by atoms with Gasteiger partial charge in [-0.1, -0.05) is 72.8 Å². The van der Waals surface area contributed by atoms with Crippen LogP contribution in [0.5, 0.6) is 0 Å². The summed E-state index contributed by atoms with van der Waals surface area (Å²) < 4.78 is 4.51. The number of aromatic nitrogens is 4. The van der Waals surface area contributed by atoms with Crippen molar-refractivity contribution >= 4 is 44.9 Å². The fourth-order valence-corrected chi connectivity index (χ4v) is 7.05. The molecule has 6 heteroatoms. The van der Waals surface area contributed by atoms with E-state index in [0.717, 1.165) is 56.9 Å². The third-order valence-electron chi connectivity index (χ3n) is 9.19. The van der Waals surface area contributed by atoms with Crippen molar-refractivity contribution in [2.75, 3.05) is 0 Å². The molecule has 9 rings (SSSR count).